The fourth-order valence-corrected chi connectivity index (χ4v) is 8.12. The smallest absolute Gasteiger partial charge is 0.322 e. The number of anilines is 2. The van der Waals surface area contributed by atoms with Gasteiger partial charge in [0.05, 0.1) is 5.25 Å². The molecule has 0 saturated carbocycles. The van der Waals surface area contributed by atoms with Gasteiger partial charge in [0.2, 0.25) is 11.8 Å². The topological polar surface area (TPSA) is 79.4 Å². The van der Waals surface area contributed by atoms with Gasteiger partial charge in [-0.15, -0.1) is 11.8 Å². The molecule has 0 aliphatic carbocycles. The number of carbonyl (C=O) groups excluding carboxylic acids is 3. The summed E-state index contributed by atoms with van der Waals surface area (Å²) < 4.78 is 0. The third kappa shape index (κ3) is 8.18. The van der Waals surface area contributed by atoms with Crippen LogP contribution in [-0.2, 0) is 16.0 Å². The number of rotatable bonds is 10. The average Bonchev–Trinajstić information content (AvgIpc) is 3.22. The number of nitrogens with one attached hydrogen (secondary N) is 1. The van der Waals surface area contributed by atoms with Gasteiger partial charge in [0.1, 0.15) is 5.37 Å². The van der Waals surface area contributed by atoms with Crippen molar-refractivity contribution >= 4 is 41.0 Å². The van der Waals surface area contributed by atoms with Crippen molar-refractivity contribution in [3.05, 3.63) is 59.7 Å². The van der Waals surface area contributed by atoms with Gasteiger partial charge in [-0.2, -0.15) is 0 Å². The highest BCUT2D eigenvalue weighted by Gasteiger charge is 2.44. The number of urea groups is 1. The number of likely N-dealkylation sites (tertiary alicyclic amines) is 1. The number of thioether (sulfide) groups is 1. The van der Waals surface area contributed by atoms with Gasteiger partial charge < -0.3 is 29.8 Å². The Hall–Kier alpha value is -3.24. The predicted octanol–water partition coefficient (Wildman–Crippen LogP) is 5.78. The predicted molar refractivity (Wildman–Crippen MR) is 190 cm³/mol. The maximum absolute atomic E-state index is 14.0. The number of amides is 4. The van der Waals surface area contributed by atoms with Gasteiger partial charge in [-0.1, -0.05) is 57.2 Å². The number of hydrogen-bond acceptors (Lipinski definition) is 6. The molecule has 2 saturated heterocycles. The fourth-order valence-electron chi connectivity index (χ4n) is 6.61. The summed E-state index contributed by atoms with van der Waals surface area (Å²) in [6, 6.07) is 16.4. The van der Waals surface area contributed by atoms with Gasteiger partial charge in [-0.25, -0.2) is 4.79 Å². The van der Waals surface area contributed by atoms with Crippen molar-refractivity contribution in [2.24, 2.45) is 5.41 Å². The fraction of sp³-hybridized carbons (Fsp3) is 0.583. The lowest BCUT2D eigenvalue weighted by atomic mass is 9.92. The molecule has 4 amide bonds. The molecule has 5 rings (SSSR count). The number of likely N-dealkylation sites (N-methyl/N-ethyl adjacent to an activating group) is 2. The van der Waals surface area contributed by atoms with Gasteiger partial charge >= 0.3 is 6.03 Å². The molecule has 2 atom stereocenters. The number of benzene rings is 2. The first-order valence-electron chi connectivity index (χ1n) is 16.8. The van der Waals surface area contributed by atoms with Crippen molar-refractivity contribution in [1.29, 1.82) is 0 Å². The van der Waals surface area contributed by atoms with E-state index < -0.39 is 5.25 Å². The summed E-state index contributed by atoms with van der Waals surface area (Å²) in [5.74, 6) is 0.0962. The molecule has 3 heterocycles. The summed E-state index contributed by atoms with van der Waals surface area (Å²) in [5.41, 5.74) is 4.39. The van der Waals surface area contributed by atoms with Crippen LogP contribution in [0.1, 0.15) is 64.4 Å². The maximum atomic E-state index is 14.0. The lowest BCUT2D eigenvalue weighted by molar-refractivity contribution is -0.137. The summed E-state index contributed by atoms with van der Waals surface area (Å²) in [4.78, 5) is 51.1. The molecule has 9 nitrogen and oxygen atoms in total. The monoisotopic (exact) mass is 650 g/mol. The molecule has 2 aromatic rings. The van der Waals surface area contributed by atoms with Crippen LogP contribution in [0.25, 0.3) is 0 Å². The Kier molecular flexibility index (Phi) is 10.9. The molecule has 3 aliphatic rings. The van der Waals surface area contributed by atoms with E-state index in [4.69, 9.17) is 0 Å². The van der Waals surface area contributed by atoms with E-state index >= 15 is 0 Å². The van der Waals surface area contributed by atoms with Crippen LogP contribution in [0, 0.1) is 5.41 Å². The number of piperidine rings is 1. The van der Waals surface area contributed by atoms with Crippen molar-refractivity contribution in [3.63, 3.8) is 0 Å². The highest BCUT2D eigenvalue weighted by Crippen LogP contribution is 2.47. The first-order valence-corrected chi connectivity index (χ1v) is 17.7. The maximum Gasteiger partial charge on any atom is 0.322 e. The van der Waals surface area contributed by atoms with Gasteiger partial charge in [0.25, 0.3) is 0 Å². The molecule has 1 N–H and O–H groups in total. The molecule has 0 spiro atoms. The summed E-state index contributed by atoms with van der Waals surface area (Å²) in [5, 5.41) is 2.53. The first-order chi connectivity index (χ1) is 21.9. The molecule has 0 aromatic heterocycles. The van der Waals surface area contributed by atoms with Crippen molar-refractivity contribution in [1.82, 2.24) is 19.6 Å². The van der Waals surface area contributed by atoms with Gasteiger partial charge in [-0.05, 0) is 62.9 Å². The van der Waals surface area contributed by atoms with Crippen LogP contribution in [-0.4, -0.2) is 109 Å². The second-order valence-corrected chi connectivity index (χ2v) is 15.7. The van der Waals surface area contributed by atoms with Crippen LogP contribution in [0.15, 0.2) is 48.5 Å². The van der Waals surface area contributed by atoms with E-state index in [2.05, 4.69) is 87.4 Å². The SMILES string of the molecule is CN(C)CCN(C)c1ccccc1C1SC(CC(=O)N2CCC(N3CCc4ccccc4NC3=O)CC2)C(=O)N1CCC(C)(C)C.[HH]. The number of hydrogen-bond donors (Lipinski definition) is 1. The molecule has 2 aromatic carbocycles. The summed E-state index contributed by atoms with van der Waals surface area (Å²) in [7, 11) is 6.27. The molecule has 0 radical (unpaired) electrons. The molecule has 252 valence electrons. The quantitative estimate of drug-likeness (QED) is 0.351. The van der Waals surface area contributed by atoms with Crippen LogP contribution >= 0.6 is 11.8 Å². The Morgan fingerprint density at radius 2 is 1.67 bits per heavy atom. The zero-order chi connectivity index (χ0) is 33.0. The Morgan fingerprint density at radius 1 is 0.978 bits per heavy atom. The van der Waals surface area contributed by atoms with Crippen LogP contribution < -0.4 is 10.2 Å². The van der Waals surface area contributed by atoms with E-state index in [-0.39, 0.29) is 42.5 Å². The molecule has 10 heteroatoms. The van der Waals surface area contributed by atoms with E-state index in [9.17, 15) is 14.4 Å². The highest BCUT2D eigenvalue weighted by molar-refractivity contribution is 8.01. The second-order valence-electron chi connectivity index (χ2n) is 14.4. The highest BCUT2D eigenvalue weighted by atomic mass is 32.2. The van der Waals surface area contributed by atoms with Crippen molar-refractivity contribution in [2.45, 2.75) is 69.5 Å². The molecule has 46 heavy (non-hydrogen) atoms. The van der Waals surface area contributed by atoms with Crippen LogP contribution in [0.5, 0.6) is 0 Å². The number of fused-ring (bicyclic) bond motifs is 1. The average molecular weight is 651 g/mol. The van der Waals surface area contributed by atoms with Crippen molar-refractivity contribution in [3.8, 4) is 0 Å². The Balaban J connectivity index is 0.00000500. The normalized spacial score (nSPS) is 21.0. The minimum absolute atomic E-state index is 0. The van der Waals surface area contributed by atoms with Gasteiger partial charge in [0, 0.05) is 77.1 Å². The summed E-state index contributed by atoms with van der Waals surface area (Å²) in [6.07, 6.45) is 3.39. The lowest BCUT2D eigenvalue weighted by Gasteiger charge is -2.38. The standard InChI is InChI=1S/C36H52N6O3S.H2/c1-36(2,3)18-22-42-33(44)31(46-34(42)28-12-8-10-14-30(28)39(6)24-23-38(4)5)25-32(43)40-19-16-27(17-20-40)41-21-15-26-11-7-9-13-29(26)37-35(41)45;/h7-14,27,31,34H,15-25H2,1-6H3,(H,37,45);1H. The van der Waals surface area contributed by atoms with Crippen molar-refractivity contribution in [2.75, 3.05) is 70.6 Å². The Labute approximate surface area is 281 Å². The Morgan fingerprint density at radius 3 is 2.39 bits per heavy atom. The van der Waals surface area contributed by atoms with Crippen LogP contribution in [0.3, 0.4) is 0 Å². The summed E-state index contributed by atoms with van der Waals surface area (Å²) >= 11 is 1.63. The second kappa shape index (κ2) is 14.7. The molecule has 2 fully saturated rings. The van der Waals surface area contributed by atoms with Crippen LogP contribution in [0.2, 0.25) is 0 Å². The van der Waals surface area contributed by atoms with E-state index in [0.717, 1.165) is 61.3 Å². The molecular formula is C36H54N6O3S. The Bertz CT molecular complexity index is 1390. The largest absolute Gasteiger partial charge is 0.373 e. The van der Waals surface area contributed by atoms with Gasteiger partial charge in [0.15, 0.2) is 0 Å². The van der Waals surface area contributed by atoms with Crippen LogP contribution in [0.4, 0.5) is 16.2 Å². The van der Waals surface area contributed by atoms with E-state index in [1.165, 1.54) is 0 Å². The number of carbonyl (C=O) groups is 3. The molecule has 0 bridgehead atoms. The zero-order valence-electron chi connectivity index (χ0n) is 28.5. The minimum Gasteiger partial charge on any atom is -0.373 e. The third-order valence-corrected chi connectivity index (χ3v) is 11.0. The molecule has 2 unspecified atom stereocenters. The number of para-hydroxylation sites is 2. The zero-order valence-corrected chi connectivity index (χ0v) is 29.3. The van der Waals surface area contributed by atoms with E-state index in [0.29, 0.717) is 26.2 Å². The third-order valence-electron chi connectivity index (χ3n) is 9.49. The summed E-state index contributed by atoms with van der Waals surface area (Å²) in [6.45, 7) is 11.0. The van der Waals surface area contributed by atoms with E-state index in [1.54, 1.807) is 11.8 Å². The van der Waals surface area contributed by atoms with Gasteiger partial charge in [-0.3, -0.25) is 9.59 Å². The van der Waals surface area contributed by atoms with E-state index in [1.807, 2.05) is 32.9 Å². The molecular weight excluding hydrogens is 597 g/mol. The number of nitrogens with zero attached hydrogens (tertiary/aromatic N) is 5. The van der Waals surface area contributed by atoms with Crippen molar-refractivity contribution < 1.29 is 15.8 Å². The first kappa shape index (κ1) is 34.1. The lowest BCUT2D eigenvalue weighted by Crippen LogP contribution is -2.50. The minimum atomic E-state index is -0.412. The molecule has 3 aliphatic heterocycles.